The molecule has 2 amide bonds. The van der Waals surface area contributed by atoms with Crippen LogP contribution in [0.2, 0.25) is 0 Å². The lowest BCUT2D eigenvalue weighted by Crippen LogP contribution is -2.22. The molecule has 4 aromatic carbocycles. The third-order valence-electron chi connectivity index (χ3n) is 6.17. The number of hydrazone groups is 1. The quantitative estimate of drug-likeness (QED) is 0.232. The van der Waals surface area contributed by atoms with Crippen LogP contribution >= 0.6 is 0 Å². The largest absolute Gasteiger partial charge is 0.325 e. The summed E-state index contributed by atoms with van der Waals surface area (Å²) in [6.45, 7) is 1.81. The molecule has 0 fully saturated rings. The maximum atomic E-state index is 13.3. The van der Waals surface area contributed by atoms with E-state index in [-0.39, 0.29) is 11.8 Å². The molecule has 0 saturated heterocycles. The van der Waals surface area contributed by atoms with Gasteiger partial charge in [-0.15, -0.1) is 5.10 Å². The van der Waals surface area contributed by atoms with Gasteiger partial charge in [-0.05, 0) is 70.4 Å². The van der Waals surface area contributed by atoms with E-state index in [9.17, 15) is 9.59 Å². The number of hydrogen-bond donors (Lipinski definition) is 2. The van der Waals surface area contributed by atoms with Crippen molar-refractivity contribution in [2.24, 2.45) is 5.10 Å². The number of anilines is 1. The van der Waals surface area contributed by atoms with Crippen molar-refractivity contribution in [1.29, 1.82) is 0 Å². The highest BCUT2D eigenvalue weighted by Gasteiger charge is 2.22. The Balaban J connectivity index is 1.23. The molecule has 0 aliphatic rings. The van der Waals surface area contributed by atoms with Gasteiger partial charge < -0.3 is 5.32 Å². The standard InChI is InChI=1S/C30H25N7O2/c1-21(22-14-18-27(19-15-22)37-20-31-35-36-37)33-34-29(38)25-12-16-26(17-13-25)32-30(39)28(23-8-4-2-5-9-23)24-10-6-3-7-11-24/h2-20,28H,1H3,(H,32,39)(H,34,38)/b33-21+. The zero-order valence-corrected chi connectivity index (χ0v) is 21.1. The predicted octanol–water partition coefficient (Wildman–Crippen LogP) is 4.59. The molecule has 1 heterocycles. The van der Waals surface area contributed by atoms with E-state index in [0.717, 1.165) is 22.4 Å². The third kappa shape index (κ3) is 6.11. The summed E-state index contributed by atoms with van der Waals surface area (Å²) in [5, 5.41) is 18.3. The molecule has 192 valence electrons. The number of nitrogens with zero attached hydrogens (tertiary/aromatic N) is 5. The van der Waals surface area contributed by atoms with Gasteiger partial charge in [0, 0.05) is 11.3 Å². The summed E-state index contributed by atoms with van der Waals surface area (Å²) < 4.78 is 1.55. The van der Waals surface area contributed by atoms with Crippen LogP contribution in [0.3, 0.4) is 0 Å². The molecule has 9 heteroatoms. The fraction of sp³-hybridized carbons (Fsp3) is 0.0667. The van der Waals surface area contributed by atoms with Gasteiger partial charge in [0.2, 0.25) is 5.91 Å². The first-order chi connectivity index (χ1) is 19.1. The molecule has 0 bridgehead atoms. The molecule has 0 aliphatic carbocycles. The lowest BCUT2D eigenvalue weighted by Gasteiger charge is -2.18. The number of rotatable bonds is 8. The molecule has 0 atom stereocenters. The van der Waals surface area contributed by atoms with E-state index in [1.165, 1.54) is 6.33 Å². The van der Waals surface area contributed by atoms with E-state index >= 15 is 0 Å². The molecule has 0 unspecified atom stereocenters. The van der Waals surface area contributed by atoms with Gasteiger partial charge in [0.15, 0.2) is 0 Å². The van der Waals surface area contributed by atoms with E-state index in [0.29, 0.717) is 17.0 Å². The second-order valence-electron chi connectivity index (χ2n) is 8.76. The molecule has 0 spiro atoms. The number of hydrogen-bond acceptors (Lipinski definition) is 6. The summed E-state index contributed by atoms with van der Waals surface area (Å²) in [6.07, 6.45) is 1.51. The van der Waals surface area contributed by atoms with Crippen molar-refractivity contribution in [2.45, 2.75) is 12.8 Å². The van der Waals surface area contributed by atoms with E-state index in [2.05, 4.69) is 31.4 Å². The highest BCUT2D eigenvalue weighted by molar-refractivity contribution is 6.01. The fourth-order valence-corrected chi connectivity index (χ4v) is 4.10. The highest BCUT2D eigenvalue weighted by atomic mass is 16.2. The monoisotopic (exact) mass is 515 g/mol. The summed E-state index contributed by atoms with van der Waals surface area (Å²) in [5.74, 6) is -0.977. The second kappa shape index (κ2) is 11.7. The van der Waals surface area contributed by atoms with Crippen LogP contribution in [0.1, 0.15) is 39.9 Å². The molecular weight excluding hydrogens is 490 g/mol. The number of aromatic nitrogens is 4. The van der Waals surface area contributed by atoms with Crippen LogP contribution in [-0.2, 0) is 4.79 Å². The van der Waals surface area contributed by atoms with Crippen molar-refractivity contribution < 1.29 is 9.59 Å². The summed E-state index contributed by atoms with van der Waals surface area (Å²) in [6, 6.07) is 33.5. The summed E-state index contributed by atoms with van der Waals surface area (Å²) >= 11 is 0. The van der Waals surface area contributed by atoms with Crippen LogP contribution in [-0.4, -0.2) is 37.7 Å². The Bertz CT molecular complexity index is 1530. The second-order valence-corrected chi connectivity index (χ2v) is 8.76. The average molecular weight is 516 g/mol. The molecule has 1 aromatic heterocycles. The fourth-order valence-electron chi connectivity index (χ4n) is 4.10. The van der Waals surface area contributed by atoms with Crippen LogP contribution in [0.15, 0.2) is 121 Å². The minimum atomic E-state index is -0.463. The van der Waals surface area contributed by atoms with Crippen molar-refractivity contribution in [3.63, 3.8) is 0 Å². The SMILES string of the molecule is C/C(=N\NC(=O)c1ccc(NC(=O)C(c2ccccc2)c2ccccc2)cc1)c1ccc(-n2cnnn2)cc1. The molecule has 2 N–H and O–H groups in total. The van der Waals surface area contributed by atoms with Crippen molar-refractivity contribution in [1.82, 2.24) is 25.6 Å². The minimum Gasteiger partial charge on any atom is -0.325 e. The maximum Gasteiger partial charge on any atom is 0.271 e. The Morgan fingerprint density at radius 3 is 1.92 bits per heavy atom. The van der Waals surface area contributed by atoms with E-state index < -0.39 is 5.92 Å². The lowest BCUT2D eigenvalue weighted by molar-refractivity contribution is -0.116. The van der Waals surface area contributed by atoms with Crippen LogP contribution in [0, 0.1) is 0 Å². The maximum absolute atomic E-state index is 13.3. The molecule has 39 heavy (non-hydrogen) atoms. The number of benzene rings is 4. The first-order valence-electron chi connectivity index (χ1n) is 12.3. The molecule has 0 radical (unpaired) electrons. The van der Waals surface area contributed by atoms with Gasteiger partial charge >= 0.3 is 0 Å². The van der Waals surface area contributed by atoms with E-state index in [1.807, 2.05) is 84.9 Å². The van der Waals surface area contributed by atoms with Gasteiger partial charge in [-0.25, -0.2) is 10.1 Å². The highest BCUT2D eigenvalue weighted by Crippen LogP contribution is 2.26. The Morgan fingerprint density at radius 2 is 1.36 bits per heavy atom. The Morgan fingerprint density at radius 1 is 0.769 bits per heavy atom. The molecule has 5 rings (SSSR count). The predicted molar refractivity (Wildman–Crippen MR) is 149 cm³/mol. The molecule has 0 aliphatic heterocycles. The Kier molecular flexibility index (Phi) is 7.59. The first kappa shape index (κ1) is 25.2. The van der Waals surface area contributed by atoms with Crippen molar-refractivity contribution in [2.75, 3.05) is 5.32 Å². The van der Waals surface area contributed by atoms with Crippen LogP contribution in [0.25, 0.3) is 5.69 Å². The average Bonchev–Trinajstić information content (AvgIpc) is 3.53. The van der Waals surface area contributed by atoms with Crippen LogP contribution in [0.4, 0.5) is 5.69 Å². The lowest BCUT2D eigenvalue weighted by atomic mass is 9.90. The number of carbonyl (C=O) groups excluding carboxylic acids is 2. The van der Waals surface area contributed by atoms with Gasteiger partial charge in [0.1, 0.15) is 6.33 Å². The van der Waals surface area contributed by atoms with Crippen molar-refractivity contribution >= 4 is 23.2 Å². The van der Waals surface area contributed by atoms with Gasteiger partial charge in [-0.1, -0.05) is 72.8 Å². The molecule has 0 saturated carbocycles. The molecular formula is C30H25N7O2. The zero-order valence-electron chi connectivity index (χ0n) is 21.1. The smallest absolute Gasteiger partial charge is 0.271 e. The van der Waals surface area contributed by atoms with Crippen molar-refractivity contribution in [3.8, 4) is 5.69 Å². The zero-order chi connectivity index (χ0) is 27.0. The van der Waals surface area contributed by atoms with E-state index in [1.54, 1.807) is 35.9 Å². The number of carbonyl (C=O) groups is 2. The molecule has 5 aromatic rings. The number of nitrogens with one attached hydrogen (secondary N) is 2. The first-order valence-corrected chi connectivity index (χ1v) is 12.3. The Labute approximate surface area is 225 Å². The topological polar surface area (TPSA) is 114 Å². The summed E-state index contributed by atoms with van der Waals surface area (Å²) in [7, 11) is 0. The van der Waals surface area contributed by atoms with Crippen LogP contribution < -0.4 is 10.7 Å². The summed E-state index contributed by atoms with van der Waals surface area (Å²) in [5.41, 5.74) is 7.69. The van der Waals surface area contributed by atoms with Gasteiger partial charge in [-0.3, -0.25) is 9.59 Å². The molecule has 9 nitrogen and oxygen atoms in total. The van der Waals surface area contributed by atoms with Gasteiger partial charge in [0.05, 0.1) is 17.3 Å². The van der Waals surface area contributed by atoms with E-state index in [4.69, 9.17) is 0 Å². The van der Waals surface area contributed by atoms with Crippen LogP contribution in [0.5, 0.6) is 0 Å². The third-order valence-corrected chi connectivity index (χ3v) is 6.17. The van der Waals surface area contributed by atoms with Gasteiger partial charge in [-0.2, -0.15) is 5.10 Å². The number of tetrazole rings is 1. The Hall–Kier alpha value is -5.44. The van der Waals surface area contributed by atoms with Crippen molar-refractivity contribution in [3.05, 3.63) is 138 Å². The summed E-state index contributed by atoms with van der Waals surface area (Å²) in [4.78, 5) is 26.0. The van der Waals surface area contributed by atoms with Gasteiger partial charge in [0.25, 0.3) is 5.91 Å². The minimum absolute atomic E-state index is 0.157. The normalized spacial score (nSPS) is 11.3. The number of amides is 2.